The van der Waals surface area contributed by atoms with E-state index < -0.39 is 0 Å². The maximum absolute atomic E-state index is 4.67. The molecule has 1 atom stereocenters. The van der Waals surface area contributed by atoms with Crippen molar-refractivity contribution in [1.82, 2.24) is 10.3 Å². The van der Waals surface area contributed by atoms with Gasteiger partial charge in [0.2, 0.25) is 0 Å². The molecule has 3 rings (SSSR count). The minimum absolute atomic E-state index is 0.777. The first-order valence-electron chi connectivity index (χ1n) is 7.29. The monoisotopic (exact) mass is 254 g/mol. The first-order valence-corrected chi connectivity index (χ1v) is 7.29. The number of aryl methyl sites for hydroxylation is 2. The second-order valence-electron chi connectivity index (χ2n) is 5.91. The Bertz CT molecular complexity index is 583. The van der Waals surface area contributed by atoms with Gasteiger partial charge in [0.05, 0.1) is 5.52 Å². The molecular weight excluding hydrogens is 232 g/mol. The summed E-state index contributed by atoms with van der Waals surface area (Å²) in [5.41, 5.74) is 5.13. The quantitative estimate of drug-likeness (QED) is 0.888. The number of benzene rings is 1. The maximum Gasteiger partial charge on any atom is 0.0731 e. The number of nitrogens with zero attached hydrogens (tertiary/aromatic N) is 1. The molecule has 0 radical (unpaired) electrons. The third-order valence-electron chi connectivity index (χ3n) is 4.10. The number of rotatable bonds is 2. The lowest BCUT2D eigenvalue weighted by Gasteiger charge is -2.22. The van der Waals surface area contributed by atoms with Crippen molar-refractivity contribution in [3.05, 3.63) is 41.1 Å². The molecule has 1 unspecified atom stereocenters. The Kier molecular flexibility index (Phi) is 3.52. The average molecular weight is 254 g/mol. The molecule has 2 heteroatoms. The van der Waals surface area contributed by atoms with E-state index in [0.717, 1.165) is 24.4 Å². The van der Waals surface area contributed by atoms with Crippen LogP contribution in [0, 0.1) is 19.8 Å². The van der Waals surface area contributed by atoms with E-state index in [-0.39, 0.29) is 0 Å². The Balaban J connectivity index is 1.88. The Labute approximate surface area is 115 Å². The SMILES string of the molecule is Cc1cc(C)c2ncc(CC3CCCNC3)cc2c1. The van der Waals surface area contributed by atoms with E-state index in [4.69, 9.17) is 0 Å². The highest BCUT2D eigenvalue weighted by Gasteiger charge is 2.14. The van der Waals surface area contributed by atoms with Crippen LogP contribution in [-0.4, -0.2) is 18.1 Å². The number of piperidine rings is 1. The highest BCUT2D eigenvalue weighted by Crippen LogP contribution is 2.22. The molecule has 100 valence electrons. The summed E-state index contributed by atoms with van der Waals surface area (Å²) in [7, 11) is 0. The molecule has 0 bridgehead atoms. The summed E-state index contributed by atoms with van der Waals surface area (Å²) < 4.78 is 0. The summed E-state index contributed by atoms with van der Waals surface area (Å²) in [4.78, 5) is 4.67. The fourth-order valence-electron chi connectivity index (χ4n) is 3.21. The molecule has 1 aromatic heterocycles. The van der Waals surface area contributed by atoms with Gasteiger partial charge in [-0.1, -0.05) is 11.6 Å². The predicted molar refractivity (Wildman–Crippen MR) is 80.5 cm³/mol. The van der Waals surface area contributed by atoms with Crippen molar-refractivity contribution in [3.63, 3.8) is 0 Å². The molecule has 1 aromatic carbocycles. The highest BCUT2D eigenvalue weighted by atomic mass is 14.9. The van der Waals surface area contributed by atoms with Gasteiger partial charge in [-0.3, -0.25) is 4.98 Å². The molecule has 2 nitrogen and oxygen atoms in total. The topological polar surface area (TPSA) is 24.9 Å². The number of pyridine rings is 1. The van der Waals surface area contributed by atoms with E-state index in [1.165, 1.54) is 41.5 Å². The largest absolute Gasteiger partial charge is 0.316 e. The zero-order valence-electron chi connectivity index (χ0n) is 11.9. The molecule has 0 amide bonds. The van der Waals surface area contributed by atoms with Gasteiger partial charge in [-0.2, -0.15) is 0 Å². The number of hydrogen-bond acceptors (Lipinski definition) is 2. The zero-order chi connectivity index (χ0) is 13.2. The molecule has 1 N–H and O–H groups in total. The molecule has 19 heavy (non-hydrogen) atoms. The van der Waals surface area contributed by atoms with Gasteiger partial charge >= 0.3 is 0 Å². The Morgan fingerprint density at radius 3 is 2.95 bits per heavy atom. The van der Waals surface area contributed by atoms with E-state index in [0.29, 0.717) is 0 Å². The van der Waals surface area contributed by atoms with Crippen molar-refractivity contribution in [2.24, 2.45) is 5.92 Å². The van der Waals surface area contributed by atoms with Crippen molar-refractivity contribution >= 4 is 10.9 Å². The smallest absolute Gasteiger partial charge is 0.0731 e. The van der Waals surface area contributed by atoms with Crippen LogP contribution in [0.1, 0.15) is 29.5 Å². The van der Waals surface area contributed by atoms with Crippen molar-refractivity contribution in [3.8, 4) is 0 Å². The van der Waals surface area contributed by atoms with Gasteiger partial charge in [-0.25, -0.2) is 0 Å². The van der Waals surface area contributed by atoms with Crippen LogP contribution in [0.5, 0.6) is 0 Å². The van der Waals surface area contributed by atoms with Crippen LogP contribution < -0.4 is 5.32 Å². The summed E-state index contributed by atoms with van der Waals surface area (Å²) in [5, 5.41) is 4.78. The molecule has 1 aliphatic heterocycles. The predicted octanol–water partition coefficient (Wildman–Crippen LogP) is 3.39. The molecule has 1 aliphatic rings. The molecular formula is C17H22N2. The number of aromatic nitrogens is 1. The third-order valence-corrected chi connectivity index (χ3v) is 4.10. The molecule has 1 fully saturated rings. The van der Waals surface area contributed by atoms with Crippen molar-refractivity contribution in [2.45, 2.75) is 33.1 Å². The van der Waals surface area contributed by atoms with Gasteiger partial charge in [0.1, 0.15) is 0 Å². The number of hydrogen-bond donors (Lipinski definition) is 1. The van der Waals surface area contributed by atoms with Crippen molar-refractivity contribution in [2.75, 3.05) is 13.1 Å². The van der Waals surface area contributed by atoms with Crippen LogP contribution in [0.2, 0.25) is 0 Å². The molecule has 0 aliphatic carbocycles. The normalized spacial score (nSPS) is 19.8. The van der Waals surface area contributed by atoms with Gasteiger partial charge in [-0.05, 0) is 75.4 Å². The van der Waals surface area contributed by atoms with Crippen molar-refractivity contribution in [1.29, 1.82) is 0 Å². The summed E-state index contributed by atoms with van der Waals surface area (Å²) in [6.07, 6.45) is 5.88. The third kappa shape index (κ3) is 2.79. The highest BCUT2D eigenvalue weighted by molar-refractivity contribution is 5.82. The molecule has 1 saturated heterocycles. The lowest BCUT2D eigenvalue weighted by Crippen LogP contribution is -2.30. The number of fused-ring (bicyclic) bond motifs is 1. The standard InChI is InChI=1S/C17H22N2/c1-12-6-13(2)17-16(7-12)9-15(11-19-17)8-14-4-3-5-18-10-14/h6-7,9,11,14,18H,3-5,8,10H2,1-2H3. The molecule has 0 saturated carbocycles. The van der Waals surface area contributed by atoms with Crippen LogP contribution in [0.25, 0.3) is 10.9 Å². The fourth-order valence-corrected chi connectivity index (χ4v) is 3.21. The lowest BCUT2D eigenvalue weighted by atomic mass is 9.92. The average Bonchev–Trinajstić information content (AvgIpc) is 2.39. The molecule has 2 aromatic rings. The zero-order valence-corrected chi connectivity index (χ0v) is 11.9. The minimum atomic E-state index is 0.777. The van der Waals surface area contributed by atoms with E-state index in [1.54, 1.807) is 0 Å². The van der Waals surface area contributed by atoms with Crippen LogP contribution >= 0.6 is 0 Å². The van der Waals surface area contributed by atoms with Crippen LogP contribution in [0.15, 0.2) is 24.4 Å². The summed E-state index contributed by atoms with van der Waals surface area (Å²) >= 11 is 0. The van der Waals surface area contributed by atoms with Crippen LogP contribution in [0.3, 0.4) is 0 Å². The second-order valence-corrected chi connectivity index (χ2v) is 5.91. The Morgan fingerprint density at radius 1 is 1.26 bits per heavy atom. The van der Waals surface area contributed by atoms with E-state index in [2.05, 4.69) is 48.5 Å². The summed E-state index contributed by atoms with van der Waals surface area (Å²) in [5.74, 6) is 0.777. The molecule has 2 heterocycles. The maximum atomic E-state index is 4.67. The Hall–Kier alpha value is -1.41. The Morgan fingerprint density at radius 2 is 2.16 bits per heavy atom. The number of nitrogens with one attached hydrogen (secondary N) is 1. The lowest BCUT2D eigenvalue weighted by molar-refractivity contribution is 0.376. The van der Waals surface area contributed by atoms with Crippen LogP contribution in [-0.2, 0) is 6.42 Å². The van der Waals surface area contributed by atoms with Gasteiger partial charge in [0.15, 0.2) is 0 Å². The first-order chi connectivity index (χ1) is 9.22. The van der Waals surface area contributed by atoms with Crippen molar-refractivity contribution < 1.29 is 0 Å². The molecule has 0 spiro atoms. The first kappa shape index (κ1) is 12.6. The van der Waals surface area contributed by atoms with Crippen LogP contribution in [0.4, 0.5) is 0 Å². The van der Waals surface area contributed by atoms with Gasteiger partial charge < -0.3 is 5.32 Å². The van der Waals surface area contributed by atoms with E-state index >= 15 is 0 Å². The van der Waals surface area contributed by atoms with Gasteiger partial charge in [0.25, 0.3) is 0 Å². The minimum Gasteiger partial charge on any atom is -0.316 e. The van der Waals surface area contributed by atoms with E-state index in [1.807, 2.05) is 0 Å². The van der Waals surface area contributed by atoms with Gasteiger partial charge in [-0.15, -0.1) is 0 Å². The van der Waals surface area contributed by atoms with E-state index in [9.17, 15) is 0 Å². The second kappa shape index (κ2) is 5.30. The van der Waals surface area contributed by atoms with Gasteiger partial charge in [0, 0.05) is 11.6 Å². The summed E-state index contributed by atoms with van der Waals surface area (Å²) in [6.45, 7) is 6.65. The summed E-state index contributed by atoms with van der Waals surface area (Å²) in [6, 6.07) is 6.79. The fraction of sp³-hybridized carbons (Fsp3) is 0.471.